The van der Waals surface area contributed by atoms with Crippen LogP contribution in [0.3, 0.4) is 0 Å². The number of methoxy groups -OCH3 is 1. The number of fused-ring (bicyclic) bond motifs is 1. The lowest BCUT2D eigenvalue weighted by Crippen LogP contribution is -2.38. The molecule has 2 aromatic carbocycles. The van der Waals surface area contributed by atoms with Crippen LogP contribution in [-0.4, -0.2) is 49.4 Å². The summed E-state index contributed by atoms with van der Waals surface area (Å²) in [6.45, 7) is 0. The van der Waals surface area contributed by atoms with Crippen LogP contribution in [0.5, 0.6) is 5.75 Å². The van der Waals surface area contributed by atoms with Crippen molar-refractivity contribution in [1.82, 2.24) is 0 Å². The van der Waals surface area contributed by atoms with Gasteiger partial charge in [0.25, 0.3) is 5.91 Å². The Bertz CT molecular complexity index is 1090. The first-order chi connectivity index (χ1) is 13.9. The van der Waals surface area contributed by atoms with Crippen molar-refractivity contribution in [1.29, 1.82) is 0 Å². The number of aliphatic imine (C=N–C) groups is 1. The third-order valence-electron chi connectivity index (χ3n) is 4.93. The number of thioether (sulfide) groups is 1. The molecule has 0 spiro atoms. The summed E-state index contributed by atoms with van der Waals surface area (Å²) in [5, 5.41) is 0.845. The van der Waals surface area contributed by atoms with E-state index >= 15 is 0 Å². The topological polar surface area (TPSA) is 76.0 Å². The Morgan fingerprint density at radius 1 is 1.21 bits per heavy atom. The molecule has 2 atom stereocenters. The smallest absolute Gasteiger partial charge is 0.252 e. The number of nitrogens with zero attached hydrogens (tertiary/aromatic N) is 2. The number of hydrogen-bond donors (Lipinski definition) is 0. The Kier molecular flexibility index (Phi) is 5.59. The largest absolute Gasteiger partial charge is 0.495 e. The van der Waals surface area contributed by atoms with E-state index in [9.17, 15) is 13.2 Å². The van der Waals surface area contributed by atoms with Gasteiger partial charge in [-0.05, 0) is 23.8 Å². The molecule has 0 unspecified atom stereocenters. The summed E-state index contributed by atoms with van der Waals surface area (Å²) in [6, 6.07) is 14.2. The molecular formula is C20H19ClN2O4S2. The van der Waals surface area contributed by atoms with E-state index in [0.29, 0.717) is 27.2 Å². The molecule has 2 heterocycles. The maximum absolute atomic E-state index is 12.7. The van der Waals surface area contributed by atoms with Gasteiger partial charge in [-0.2, -0.15) is 4.99 Å². The number of halogens is 1. The molecule has 29 heavy (non-hydrogen) atoms. The van der Waals surface area contributed by atoms with Crippen molar-refractivity contribution in [2.45, 2.75) is 17.7 Å². The highest BCUT2D eigenvalue weighted by molar-refractivity contribution is 8.16. The predicted molar refractivity (Wildman–Crippen MR) is 117 cm³/mol. The van der Waals surface area contributed by atoms with E-state index in [2.05, 4.69) is 4.99 Å². The Hall–Kier alpha value is -2.03. The van der Waals surface area contributed by atoms with Crippen LogP contribution in [0.4, 0.5) is 5.69 Å². The van der Waals surface area contributed by atoms with E-state index in [1.54, 1.807) is 31.4 Å². The number of sulfone groups is 1. The zero-order chi connectivity index (χ0) is 20.6. The SMILES string of the molecule is COc1ccccc1N1C(=NC(=O)Cc2ccccc2Cl)S[C@@H]2CS(=O)(=O)C[C@@H]21. The number of para-hydroxylation sites is 2. The van der Waals surface area contributed by atoms with Crippen LogP contribution in [0.2, 0.25) is 5.02 Å². The van der Waals surface area contributed by atoms with E-state index in [1.165, 1.54) is 11.8 Å². The molecule has 2 fully saturated rings. The molecule has 0 aliphatic carbocycles. The van der Waals surface area contributed by atoms with Gasteiger partial charge in [-0.15, -0.1) is 0 Å². The molecule has 0 bridgehead atoms. The minimum absolute atomic E-state index is 0.0282. The highest BCUT2D eigenvalue weighted by Crippen LogP contribution is 2.43. The van der Waals surface area contributed by atoms with E-state index in [4.69, 9.17) is 16.3 Å². The zero-order valence-electron chi connectivity index (χ0n) is 15.6. The third-order valence-corrected chi connectivity index (χ3v) is 8.51. The Morgan fingerprint density at radius 2 is 1.93 bits per heavy atom. The highest BCUT2D eigenvalue weighted by Gasteiger charge is 2.50. The van der Waals surface area contributed by atoms with E-state index < -0.39 is 9.84 Å². The van der Waals surface area contributed by atoms with Crippen molar-refractivity contribution in [2.75, 3.05) is 23.5 Å². The lowest BCUT2D eigenvalue weighted by Gasteiger charge is -2.26. The normalized spacial score (nSPS) is 23.9. The van der Waals surface area contributed by atoms with Crippen LogP contribution in [0, 0.1) is 0 Å². The van der Waals surface area contributed by atoms with Gasteiger partial charge in [0.1, 0.15) is 5.75 Å². The molecule has 1 amide bonds. The van der Waals surface area contributed by atoms with Gasteiger partial charge in [-0.25, -0.2) is 8.42 Å². The minimum atomic E-state index is -3.13. The summed E-state index contributed by atoms with van der Waals surface area (Å²) >= 11 is 7.50. The Labute approximate surface area is 178 Å². The maximum atomic E-state index is 12.7. The Morgan fingerprint density at radius 3 is 2.69 bits per heavy atom. The van der Waals surface area contributed by atoms with E-state index in [-0.39, 0.29) is 35.1 Å². The van der Waals surface area contributed by atoms with E-state index in [1.807, 2.05) is 29.2 Å². The second-order valence-electron chi connectivity index (χ2n) is 6.90. The van der Waals surface area contributed by atoms with Gasteiger partial charge < -0.3 is 9.64 Å². The summed E-state index contributed by atoms with van der Waals surface area (Å²) in [4.78, 5) is 18.8. The summed E-state index contributed by atoms with van der Waals surface area (Å²) in [5.41, 5.74) is 1.41. The second kappa shape index (κ2) is 8.01. The summed E-state index contributed by atoms with van der Waals surface area (Å²) in [7, 11) is -1.57. The number of rotatable bonds is 4. The molecule has 152 valence electrons. The third kappa shape index (κ3) is 4.15. The van der Waals surface area contributed by atoms with Crippen LogP contribution in [0.15, 0.2) is 53.5 Å². The van der Waals surface area contributed by atoms with Crippen molar-refractivity contribution in [3.63, 3.8) is 0 Å². The number of benzene rings is 2. The fourth-order valence-corrected chi connectivity index (χ4v) is 7.75. The lowest BCUT2D eigenvalue weighted by molar-refractivity contribution is -0.117. The van der Waals surface area contributed by atoms with Crippen molar-refractivity contribution in [2.24, 2.45) is 4.99 Å². The summed E-state index contributed by atoms with van der Waals surface area (Å²) < 4.78 is 29.8. The fourth-order valence-electron chi connectivity index (χ4n) is 3.63. The summed E-state index contributed by atoms with van der Waals surface area (Å²) in [5.74, 6) is 0.374. The molecule has 0 radical (unpaired) electrons. The molecular weight excluding hydrogens is 432 g/mol. The van der Waals surface area contributed by atoms with Gasteiger partial charge in [-0.1, -0.05) is 53.7 Å². The van der Waals surface area contributed by atoms with Crippen LogP contribution in [-0.2, 0) is 21.1 Å². The first-order valence-electron chi connectivity index (χ1n) is 9.02. The number of amidine groups is 1. The number of amides is 1. The van der Waals surface area contributed by atoms with Gasteiger partial charge in [0, 0.05) is 10.3 Å². The molecule has 2 saturated heterocycles. The average molecular weight is 451 g/mol. The lowest BCUT2D eigenvalue weighted by atomic mass is 10.1. The Balaban J connectivity index is 1.69. The predicted octanol–water partition coefficient (Wildman–Crippen LogP) is 3.19. The van der Waals surface area contributed by atoms with Crippen LogP contribution in [0.1, 0.15) is 5.56 Å². The van der Waals surface area contributed by atoms with Crippen molar-refractivity contribution in [3.8, 4) is 5.75 Å². The van der Waals surface area contributed by atoms with Crippen LogP contribution < -0.4 is 9.64 Å². The molecule has 2 aliphatic rings. The number of hydrogen-bond acceptors (Lipinski definition) is 5. The summed E-state index contributed by atoms with van der Waals surface area (Å²) in [6.07, 6.45) is 0.0805. The molecule has 2 aliphatic heterocycles. The first-order valence-corrected chi connectivity index (χ1v) is 12.1. The quantitative estimate of drug-likeness (QED) is 0.712. The van der Waals surface area contributed by atoms with Crippen LogP contribution >= 0.6 is 23.4 Å². The van der Waals surface area contributed by atoms with Crippen molar-refractivity contribution >= 4 is 50.0 Å². The molecule has 0 aromatic heterocycles. The minimum Gasteiger partial charge on any atom is -0.495 e. The molecule has 4 rings (SSSR count). The molecule has 6 nitrogen and oxygen atoms in total. The molecule has 9 heteroatoms. The van der Waals surface area contributed by atoms with Crippen LogP contribution in [0.25, 0.3) is 0 Å². The number of anilines is 1. The molecule has 0 N–H and O–H groups in total. The molecule has 0 saturated carbocycles. The van der Waals surface area contributed by atoms with E-state index in [0.717, 1.165) is 0 Å². The van der Waals surface area contributed by atoms with Gasteiger partial charge in [0.05, 0.1) is 36.8 Å². The van der Waals surface area contributed by atoms with Crippen molar-refractivity contribution < 1.29 is 17.9 Å². The number of carbonyl (C=O) groups excluding carboxylic acids is 1. The van der Waals surface area contributed by atoms with Gasteiger partial charge in [0.15, 0.2) is 15.0 Å². The number of ether oxygens (including phenoxy) is 1. The second-order valence-corrected chi connectivity index (χ2v) is 10.7. The van der Waals surface area contributed by atoms with Crippen molar-refractivity contribution in [3.05, 3.63) is 59.1 Å². The zero-order valence-corrected chi connectivity index (χ0v) is 18.0. The molecule has 2 aromatic rings. The van der Waals surface area contributed by atoms with Gasteiger partial charge in [0.2, 0.25) is 0 Å². The van der Waals surface area contributed by atoms with Gasteiger partial charge >= 0.3 is 0 Å². The first kappa shape index (κ1) is 20.3. The highest BCUT2D eigenvalue weighted by atomic mass is 35.5. The monoisotopic (exact) mass is 450 g/mol. The average Bonchev–Trinajstić information content (AvgIpc) is 3.14. The fraction of sp³-hybridized carbons (Fsp3) is 0.300. The van der Waals surface area contributed by atoms with Gasteiger partial charge in [-0.3, -0.25) is 4.79 Å². The maximum Gasteiger partial charge on any atom is 0.252 e. The number of carbonyl (C=O) groups is 1. The standard InChI is InChI=1S/C20H19ClN2O4S2/c1-27-17-9-5-4-8-15(17)23-16-11-29(25,26)12-18(16)28-20(23)22-19(24)10-13-6-2-3-7-14(13)21/h2-9,16,18H,10-12H2,1H3/t16-,18+/m0/s1.